The van der Waals surface area contributed by atoms with E-state index in [4.69, 9.17) is 16.9 Å². The number of aldehydes is 1. The highest BCUT2D eigenvalue weighted by Crippen LogP contribution is 2.34. The van der Waals surface area contributed by atoms with Crippen molar-refractivity contribution in [3.05, 3.63) is 46.2 Å². The molecule has 1 aromatic heterocycles. The molecule has 0 unspecified atom stereocenters. The average molecular weight is 300 g/mol. The maximum atomic E-state index is 12.7. The SMILES string of the molecule is N#Cc1ccc(-n2nc(C(F)(F)F)c(C=O)c2Cl)cc1. The van der Waals surface area contributed by atoms with Gasteiger partial charge in [-0.25, -0.2) is 4.68 Å². The van der Waals surface area contributed by atoms with Crippen LogP contribution in [0.1, 0.15) is 21.6 Å². The molecule has 0 saturated carbocycles. The molecule has 0 N–H and O–H groups in total. The summed E-state index contributed by atoms with van der Waals surface area (Å²) in [6.07, 6.45) is -4.77. The first-order valence-electron chi connectivity index (χ1n) is 5.20. The molecule has 8 heteroatoms. The Kier molecular flexibility index (Phi) is 3.51. The number of carbonyl (C=O) groups excluding carboxylic acids is 1. The number of aromatic nitrogens is 2. The predicted octanol–water partition coefficient (Wildman–Crippen LogP) is 3.23. The molecule has 0 spiro atoms. The number of nitrogens with zero attached hydrogens (tertiary/aromatic N) is 3. The normalized spacial score (nSPS) is 11.2. The standard InChI is InChI=1S/C12H5ClF3N3O/c13-11-9(6-20)10(12(14,15)16)18-19(11)8-3-1-7(5-17)2-4-8/h1-4,6H. The van der Waals surface area contributed by atoms with Crippen molar-refractivity contribution < 1.29 is 18.0 Å². The van der Waals surface area contributed by atoms with Crippen LogP contribution in [-0.4, -0.2) is 16.1 Å². The van der Waals surface area contributed by atoms with E-state index < -0.39 is 22.6 Å². The van der Waals surface area contributed by atoms with Crippen LogP contribution in [0.25, 0.3) is 5.69 Å². The second-order valence-electron chi connectivity index (χ2n) is 3.74. The second-order valence-corrected chi connectivity index (χ2v) is 4.10. The largest absolute Gasteiger partial charge is 0.435 e. The molecule has 0 fully saturated rings. The molecule has 102 valence electrons. The zero-order valence-electron chi connectivity index (χ0n) is 9.65. The number of hydrogen-bond acceptors (Lipinski definition) is 3. The molecule has 0 aliphatic carbocycles. The van der Waals surface area contributed by atoms with Crippen LogP contribution in [0.5, 0.6) is 0 Å². The monoisotopic (exact) mass is 299 g/mol. The van der Waals surface area contributed by atoms with Gasteiger partial charge in [0.05, 0.1) is 22.9 Å². The van der Waals surface area contributed by atoms with Gasteiger partial charge in [0.2, 0.25) is 0 Å². The number of hydrogen-bond donors (Lipinski definition) is 0. The van der Waals surface area contributed by atoms with E-state index in [9.17, 15) is 18.0 Å². The summed E-state index contributed by atoms with van der Waals surface area (Å²) in [7, 11) is 0. The van der Waals surface area contributed by atoms with E-state index in [-0.39, 0.29) is 12.0 Å². The zero-order chi connectivity index (χ0) is 14.9. The lowest BCUT2D eigenvalue weighted by atomic mass is 10.2. The number of halogens is 4. The number of benzene rings is 1. The maximum absolute atomic E-state index is 12.7. The third-order valence-electron chi connectivity index (χ3n) is 2.49. The minimum Gasteiger partial charge on any atom is -0.298 e. The van der Waals surface area contributed by atoms with E-state index in [1.165, 1.54) is 24.3 Å². The number of rotatable bonds is 2. The first-order valence-corrected chi connectivity index (χ1v) is 5.57. The Labute approximate surface area is 116 Å². The lowest BCUT2D eigenvalue weighted by Crippen LogP contribution is -2.09. The van der Waals surface area contributed by atoms with Crippen LogP contribution >= 0.6 is 11.6 Å². The third-order valence-corrected chi connectivity index (χ3v) is 2.85. The summed E-state index contributed by atoms with van der Waals surface area (Å²) in [6, 6.07) is 7.44. The Bertz CT molecular complexity index is 698. The summed E-state index contributed by atoms with van der Waals surface area (Å²) in [4.78, 5) is 10.8. The quantitative estimate of drug-likeness (QED) is 0.800. The fraction of sp³-hybridized carbons (Fsp3) is 0.0833. The summed E-state index contributed by atoms with van der Waals surface area (Å²) < 4.78 is 39.0. The second kappa shape index (κ2) is 4.98. The van der Waals surface area contributed by atoms with Gasteiger partial charge in [0.1, 0.15) is 5.15 Å². The highest BCUT2D eigenvalue weighted by Gasteiger charge is 2.39. The van der Waals surface area contributed by atoms with Crippen LogP contribution in [0.3, 0.4) is 0 Å². The molecule has 0 aliphatic rings. The molecule has 2 rings (SSSR count). The smallest absolute Gasteiger partial charge is 0.298 e. The van der Waals surface area contributed by atoms with Crippen molar-refractivity contribution in [1.29, 1.82) is 5.26 Å². The van der Waals surface area contributed by atoms with E-state index in [0.717, 1.165) is 4.68 Å². The van der Waals surface area contributed by atoms with Crippen molar-refractivity contribution in [2.75, 3.05) is 0 Å². The van der Waals surface area contributed by atoms with Gasteiger partial charge < -0.3 is 0 Å². The molecule has 20 heavy (non-hydrogen) atoms. The lowest BCUT2D eigenvalue weighted by molar-refractivity contribution is -0.141. The predicted molar refractivity (Wildman–Crippen MR) is 63.7 cm³/mol. The minimum atomic E-state index is -4.78. The summed E-state index contributed by atoms with van der Waals surface area (Å²) >= 11 is 5.75. The molecular formula is C12H5ClF3N3O. The van der Waals surface area contributed by atoms with E-state index in [1.807, 2.05) is 6.07 Å². The van der Waals surface area contributed by atoms with Gasteiger partial charge in [-0.1, -0.05) is 11.6 Å². The molecule has 4 nitrogen and oxygen atoms in total. The van der Waals surface area contributed by atoms with E-state index in [0.29, 0.717) is 5.56 Å². The van der Waals surface area contributed by atoms with Crippen molar-refractivity contribution in [2.24, 2.45) is 0 Å². The topological polar surface area (TPSA) is 58.7 Å². The molecular weight excluding hydrogens is 295 g/mol. The van der Waals surface area contributed by atoms with Gasteiger partial charge in [-0.3, -0.25) is 4.79 Å². The Hall–Kier alpha value is -2.33. The molecule has 2 aromatic rings. The van der Waals surface area contributed by atoms with Crippen molar-refractivity contribution in [3.63, 3.8) is 0 Å². The Balaban J connectivity index is 2.60. The molecule has 0 radical (unpaired) electrons. The zero-order valence-corrected chi connectivity index (χ0v) is 10.4. The van der Waals surface area contributed by atoms with Gasteiger partial charge >= 0.3 is 6.18 Å². The molecule has 1 aromatic carbocycles. The van der Waals surface area contributed by atoms with Gasteiger partial charge in [0, 0.05) is 0 Å². The highest BCUT2D eigenvalue weighted by atomic mass is 35.5. The van der Waals surface area contributed by atoms with Crippen molar-refractivity contribution in [3.8, 4) is 11.8 Å². The first kappa shape index (κ1) is 14.1. The average Bonchev–Trinajstić information content (AvgIpc) is 2.76. The number of carbonyl (C=O) groups is 1. The number of nitriles is 1. The van der Waals surface area contributed by atoms with Crippen LogP contribution in [-0.2, 0) is 6.18 Å². The molecule has 0 atom stereocenters. The van der Waals surface area contributed by atoms with Crippen LogP contribution in [0.4, 0.5) is 13.2 Å². The van der Waals surface area contributed by atoms with E-state index in [2.05, 4.69) is 5.10 Å². The van der Waals surface area contributed by atoms with Crippen molar-refractivity contribution in [1.82, 2.24) is 9.78 Å². The number of alkyl halides is 3. The Morgan fingerprint density at radius 2 is 1.90 bits per heavy atom. The summed E-state index contributed by atoms with van der Waals surface area (Å²) in [5.74, 6) is 0. The first-order chi connectivity index (χ1) is 9.38. The fourth-order valence-electron chi connectivity index (χ4n) is 1.57. The van der Waals surface area contributed by atoms with Crippen LogP contribution in [0, 0.1) is 11.3 Å². The van der Waals surface area contributed by atoms with Gasteiger partial charge in [0.15, 0.2) is 12.0 Å². The van der Waals surface area contributed by atoms with Crippen LogP contribution in [0.15, 0.2) is 24.3 Å². The Morgan fingerprint density at radius 1 is 1.30 bits per heavy atom. The summed E-state index contributed by atoms with van der Waals surface area (Å²) in [6.45, 7) is 0. The lowest BCUT2D eigenvalue weighted by Gasteiger charge is -2.03. The maximum Gasteiger partial charge on any atom is 0.435 e. The van der Waals surface area contributed by atoms with Crippen LogP contribution < -0.4 is 0 Å². The third kappa shape index (κ3) is 2.38. The van der Waals surface area contributed by atoms with Gasteiger partial charge in [-0.15, -0.1) is 0 Å². The minimum absolute atomic E-state index is 0.0122. The van der Waals surface area contributed by atoms with Gasteiger partial charge in [-0.2, -0.15) is 23.5 Å². The van der Waals surface area contributed by atoms with Crippen molar-refractivity contribution in [2.45, 2.75) is 6.18 Å². The van der Waals surface area contributed by atoms with Crippen LogP contribution in [0.2, 0.25) is 5.15 Å². The van der Waals surface area contributed by atoms with E-state index >= 15 is 0 Å². The Morgan fingerprint density at radius 3 is 2.30 bits per heavy atom. The molecule has 0 aliphatic heterocycles. The molecule has 0 bridgehead atoms. The molecule has 0 saturated heterocycles. The van der Waals surface area contributed by atoms with Crippen molar-refractivity contribution >= 4 is 17.9 Å². The van der Waals surface area contributed by atoms with Gasteiger partial charge in [-0.05, 0) is 24.3 Å². The summed E-state index contributed by atoms with van der Waals surface area (Å²) in [5.41, 5.74) is -1.51. The molecule has 0 amide bonds. The van der Waals surface area contributed by atoms with Gasteiger partial charge in [0.25, 0.3) is 0 Å². The molecule has 1 heterocycles. The summed E-state index contributed by atoms with van der Waals surface area (Å²) in [5, 5.41) is 11.5. The van der Waals surface area contributed by atoms with E-state index in [1.54, 1.807) is 0 Å². The fourth-order valence-corrected chi connectivity index (χ4v) is 1.84. The highest BCUT2D eigenvalue weighted by molar-refractivity contribution is 6.32.